The Labute approximate surface area is 106 Å². The first kappa shape index (κ1) is 13.3. The first-order valence-corrected chi connectivity index (χ1v) is 7.19. The van der Waals surface area contributed by atoms with Crippen molar-refractivity contribution in [3.8, 4) is 0 Å². The second-order valence-corrected chi connectivity index (χ2v) is 6.01. The van der Waals surface area contributed by atoms with Crippen molar-refractivity contribution >= 4 is 0 Å². The minimum Gasteiger partial charge on any atom is -0.385 e. The van der Waals surface area contributed by atoms with Crippen LogP contribution in [0.1, 0.15) is 45.4 Å². The Morgan fingerprint density at radius 2 is 2.06 bits per heavy atom. The van der Waals surface area contributed by atoms with Crippen molar-refractivity contribution in [2.24, 2.45) is 5.41 Å². The maximum atomic E-state index is 5.20. The van der Waals surface area contributed by atoms with Gasteiger partial charge in [-0.3, -0.25) is 0 Å². The van der Waals surface area contributed by atoms with Crippen molar-refractivity contribution in [1.29, 1.82) is 0 Å². The minimum atomic E-state index is 0.386. The van der Waals surface area contributed by atoms with E-state index in [1.54, 1.807) is 7.11 Å². The predicted molar refractivity (Wildman–Crippen MR) is 71.3 cm³/mol. The lowest BCUT2D eigenvalue weighted by Gasteiger charge is -2.29. The quantitative estimate of drug-likeness (QED) is 0.680. The van der Waals surface area contributed by atoms with Crippen molar-refractivity contribution in [2.75, 3.05) is 33.4 Å². The third-order valence-electron chi connectivity index (χ3n) is 4.77. The minimum absolute atomic E-state index is 0.386. The number of nitrogens with one attached hydrogen (secondary N) is 2. The van der Waals surface area contributed by atoms with Gasteiger partial charge < -0.3 is 15.4 Å². The van der Waals surface area contributed by atoms with Gasteiger partial charge in [-0.25, -0.2) is 0 Å². The topological polar surface area (TPSA) is 33.3 Å². The highest BCUT2D eigenvalue weighted by Crippen LogP contribution is 2.48. The zero-order chi connectivity index (χ0) is 12.2. The summed E-state index contributed by atoms with van der Waals surface area (Å²) >= 11 is 0. The molecule has 100 valence electrons. The Bertz CT molecular complexity index is 232. The SMILES string of the molecule is CCC1(CNCC2(CCOC)CC2)CCCN1. The second kappa shape index (κ2) is 5.68. The van der Waals surface area contributed by atoms with Crippen LogP contribution in [-0.4, -0.2) is 38.9 Å². The summed E-state index contributed by atoms with van der Waals surface area (Å²) in [7, 11) is 1.80. The summed E-state index contributed by atoms with van der Waals surface area (Å²) < 4.78 is 5.20. The van der Waals surface area contributed by atoms with E-state index in [2.05, 4.69) is 17.6 Å². The first-order valence-electron chi connectivity index (χ1n) is 7.19. The number of rotatable bonds is 8. The molecule has 1 aliphatic carbocycles. The molecule has 0 aromatic heterocycles. The van der Waals surface area contributed by atoms with E-state index in [-0.39, 0.29) is 0 Å². The third-order valence-corrected chi connectivity index (χ3v) is 4.77. The number of ether oxygens (including phenoxy) is 1. The molecule has 3 heteroatoms. The molecule has 1 unspecified atom stereocenters. The maximum Gasteiger partial charge on any atom is 0.0468 e. The van der Waals surface area contributed by atoms with Crippen molar-refractivity contribution in [2.45, 2.75) is 51.0 Å². The van der Waals surface area contributed by atoms with E-state index in [1.807, 2.05) is 0 Å². The molecular weight excluding hydrogens is 212 g/mol. The lowest BCUT2D eigenvalue weighted by molar-refractivity contribution is 0.170. The van der Waals surface area contributed by atoms with Crippen LogP contribution in [-0.2, 0) is 4.74 Å². The highest BCUT2D eigenvalue weighted by molar-refractivity contribution is 4.98. The lowest BCUT2D eigenvalue weighted by atomic mass is 9.93. The summed E-state index contributed by atoms with van der Waals surface area (Å²) in [5.74, 6) is 0. The Morgan fingerprint density at radius 1 is 1.24 bits per heavy atom. The molecule has 0 amide bonds. The average Bonchev–Trinajstić information content (AvgIpc) is 2.96. The van der Waals surface area contributed by atoms with Crippen LogP contribution in [0.15, 0.2) is 0 Å². The van der Waals surface area contributed by atoms with Crippen molar-refractivity contribution in [3.63, 3.8) is 0 Å². The number of hydrogen-bond donors (Lipinski definition) is 2. The summed E-state index contributed by atoms with van der Waals surface area (Å²) in [6.07, 6.45) is 7.91. The monoisotopic (exact) mass is 240 g/mol. The molecular formula is C14H28N2O. The van der Waals surface area contributed by atoms with Gasteiger partial charge in [0.05, 0.1) is 0 Å². The molecule has 2 rings (SSSR count). The fourth-order valence-electron chi connectivity index (χ4n) is 3.02. The first-order chi connectivity index (χ1) is 8.24. The molecule has 0 radical (unpaired) electrons. The van der Waals surface area contributed by atoms with Crippen LogP contribution >= 0.6 is 0 Å². The summed E-state index contributed by atoms with van der Waals surface area (Å²) in [6, 6.07) is 0. The van der Waals surface area contributed by atoms with Gasteiger partial charge in [-0.05, 0) is 50.5 Å². The molecule has 0 spiro atoms. The van der Waals surface area contributed by atoms with E-state index in [9.17, 15) is 0 Å². The largest absolute Gasteiger partial charge is 0.385 e. The molecule has 2 fully saturated rings. The molecule has 0 aromatic carbocycles. The highest BCUT2D eigenvalue weighted by atomic mass is 16.5. The molecule has 2 N–H and O–H groups in total. The zero-order valence-corrected chi connectivity index (χ0v) is 11.5. The van der Waals surface area contributed by atoms with Crippen LogP contribution in [0.2, 0.25) is 0 Å². The van der Waals surface area contributed by atoms with E-state index in [4.69, 9.17) is 4.74 Å². The fraction of sp³-hybridized carbons (Fsp3) is 1.00. The van der Waals surface area contributed by atoms with Crippen molar-refractivity contribution in [3.05, 3.63) is 0 Å². The summed E-state index contributed by atoms with van der Waals surface area (Å²) in [4.78, 5) is 0. The van der Waals surface area contributed by atoms with Crippen molar-refractivity contribution in [1.82, 2.24) is 10.6 Å². The normalized spacial score (nSPS) is 30.7. The fourth-order valence-corrected chi connectivity index (χ4v) is 3.02. The van der Waals surface area contributed by atoms with E-state index in [0.717, 1.165) is 13.2 Å². The van der Waals surface area contributed by atoms with E-state index in [1.165, 1.54) is 51.6 Å². The second-order valence-electron chi connectivity index (χ2n) is 6.01. The average molecular weight is 240 g/mol. The zero-order valence-electron chi connectivity index (χ0n) is 11.5. The molecule has 3 nitrogen and oxygen atoms in total. The molecule has 0 aromatic rings. The highest BCUT2D eigenvalue weighted by Gasteiger charge is 2.42. The number of methoxy groups -OCH3 is 1. The van der Waals surface area contributed by atoms with Crippen molar-refractivity contribution < 1.29 is 4.74 Å². The Balaban J connectivity index is 1.68. The summed E-state index contributed by atoms with van der Waals surface area (Å²) in [5, 5.41) is 7.40. The third kappa shape index (κ3) is 3.43. The van der Waals surface area contributed by atoms with Crippen LogP contribution in [0.3, 0.4) is 0 Å². The molecule has 2 aliphatic rings. The van der Waals surface area contributed by atoms with Gasteiger partial charge in [-0.2, -0.15) is 0 Å². The van der Waals surface area contributed by atoms with E-state index >= 15 is 0 Å². The van der Waals surface area contributed by atoms with Gasteiger partial charge in [0, 0.05) is 32.3 Å². The lowest BCUT2D eigenvalue weighted by Crippen LogP contribution is -2.49. The molecule has 1 heterocycles. The van der Waals surface area contributed by atoms with Crippen LogP contribution in [0.4, 0.5) is 0 Å². The van der Waals surface area contributed by atoms with Gasteiger partial charge in [0.15, 0.2) is 0 Å². The van der Waals surface area contributed by atoms with Gasteiger partial charge in [0.25, 0.3) is 0 Å². The number of hydrogen-bond acceptors (Lipinski definition) is 3. The van der Waals surface area contributed by atoms with E-state index in [0.29, 0.717) is 11.0 Å². The van der Waals surface area contributed by atoms with Gasteiger partial charge in [-0.1, -0.05) is 6.92 Å². The van der Waals surface area contributed by atoms with E-state index < -0.39 is 0 Å². The molecule has 1 aliphatic heterocycles. The van der Waals surface area contributed by atoms with Gasteiger partial charge in [0.1, 0.15) is 0 Å². The van der Waals surface area contributed by atoms with Crippen LogP contribution in [0.5, 0.6) is 0 Å². The van der Waals surface area contributed by atoms with Crippen LogP contribution in [0, 0.1) is 5.41 Å². The molecule has 0 bridgehead atoms. The van der Waals surface area contributed by atoms with Gasteiger partial charge in [0.2, 0.25) is 0 Å². The molecule has 17 heavy (non-hydrogen) atoms. The smallest absolute Gasteiger partial charge is 0.0468 e. The van der Waals surface area contributed by atoms with Crippen LogP contribution in [0.25, 0.3) is 0 Å². The molecule has 1 saturated heterocycles. The molecule has 1 saturated carbocycles. The maximum absolute atomic E-state index is 5.20. The molecule has 1 atom stereocenters. The Kier molecular flexibility index (Phi) is 4.45. The van der Waals surface area contributed by atoms with Gasteiger partial charge >= 0.3 is 0 Å². The van der Waals surface area contributed by atoms with Gasteiger partial charge in [-0.15, -0.1) is 0 Å². The Morgan fingerprint density at radius 3 is 2.59 bits per heavy atom. The van der Waals surface area contributed by atoms with Crippen LogP contribution < -0.4 is 10.6 Å². The summed E-state index contributed by atoms with van der Waals surface area (Å²) in [6.45, 7) is 6.74. The standard InChI is InChI=1S/C14H28N2O/c1-3-14(5-4-9-16-14)12-15-11-13(6-7-13)8-10-17-2/h15-16H,3-12H2,1-2H3. The predicted octanol–water partition coefficient (Wildman–Crippen LogP) is 1.92. The Hall–Kier alpha value is -0.120. The summed E-state index contributed by atoms with van der Waals surface area (Å²) in [5.41, 5.74) is 0.959.